The Labute approximate surface area is 237 Å². The molecule has 2 rings (SSSR count). The number of ether oxygens (including phenoxy) is 1. The van der Waals surface area contributed by atoms with Gasteiger partial charge in [0.2, 0.25) is 5.91 Å². The van der Waals surface area contributed by atoms with Crippen LogP contribution in [0.3, 0.4) is 0 Å². The van der Waals surface area contributed by atoms with Gasteiger partial charge in [0.25, 0.3) is 0 Å². The minimum Gasteiger partial charge on any atom is -0.464 e. The summed E-state index contributed by atoms with van der Waals surface area (Å²) in [5.74, 6) is 1.73. The Kier molecular flexibility index (Phi) is 16.2. The Morgan fingerprint density at radius 1 is 0.971 bits per heavy atom. The summed E-state index contributed by atoms with van der Waals surface area (Å²) in [6, 6.07) is 11.5. The molecule has 0 aliphatic heterocycles. The van der Waals surface area contributed by atoms with E-state index in [0.29, 0.717) is 23.2 Å². The normalized spacial score (nSPS) is 12.4. The van der Waals surface area contributed by atoms with Crippen LogP contribution in [0.25, 0.3) is 0 Å². The highest BCUT2D eigenvalue weighted by atomic mass is 35.5. The third kappa shape index (κ3) is 11.9. The molecule has 194 valence electrons. The van der Waals surface area contributed by atoms with Gasteiger partial charge in [-0.3, -0.25) is 4.79 Å². The van der Waals surface area contributed by atoms with Crippen LogP contribution >= 0.6 is 70.7 Å². The van der Waals surface area contributed by atoms with Crippen LogP contribution < -0.4 is 11.1 Å². The van der Waals surface area contributed by atoms with Gasteiger partial charge in [-0.1, -0.05) is 23.7 Å². The molecule has 0 saturated heterocycles. The van der Waals surface area contributed by atoms with Crippen molar-refractivity contribution in [3.8, 4) is 0 Å². The zero-order chi connectivity index (χ0) is 24.9. The van der Waals surface area contributed by atoms with Gasteiger partial charge in [0, 0.05) is 44.5 Å². The lowest BCUT2D eigenvalue weighted by molar-refractivity contribution is -0.147. The van der Waals surface area contributed by atoms with Crippen LogP contribution in [0.2, 0.25) is 5.02 Å². The molecule has 0 unspecified atom stereocenters. The monoisotopic (exact) mass is 598 g/mol. The van der Waals surface area contributed by atoms with Crippen LogP contribution in [0.5, 0.6) is 0 Å². The molecule has 0 bridgehead atoms. The molecule has 35 heavy (non-hydrogen) atoms. The first kappa shape index (κ1) is 32.2. The lowest BCUT2D eigenvalue weighted by Gasteiger charge is -2.20. The summed E-state index contributed by atoms with van der Waals surface area (Å²) in [6.45, 7) is 1.94. The predicted octanol–water partition coefficient (Wildman–Crippen LogP) is 5.58. The summed E-state index contributed by atoms with van der Waals surface area (Å²) < 4.78 is 5.16. The van der Waals surface area contributed by atoms with E-state index in [0.717, 1.165) is 32.4 Å². The SMILES string of the molecule is CCOC(=O)[C@H](Cc1ccc(Cl)cc1)NC(=O)[C@@H](N)Cc1cc(SCCCl)cc(SCCCl)c1.Cl. The van der Waals surface area contributed by atoms with Gasteiger partial charge < -0.3 is 15.8 Å². The fraction of sp³-hybridized carbons (Fsp3) is 0.417. The van der Waals surface area contributed by atoms with Crippen LogP contribution in [-0.4, -0.2) is 53.8 Å². The smallest absolute Gasteiger partial charge is 0.328 e. The van der Waals surface area contributed by atoms with Gasteiger partial charge in [-0.15, -0.1) is 59.1 Å². The van der Waals surface area contributed by atoms with E-state index in [1.54, 1.807) is 42.6 Å². The first-order valence-electron chi connectivity index (χ1n) is 10.8. The first-order chi connectivity index (χ1) is 16.4. The second-order valence-electron chi connectivity index (χ2n) is 7.34. The average Bonchev–Trinajstić information content (AvgIpc) is 2.82. The van der Waals surface area contributed by atoms with Crippen molar-refractivity contribution in [3.05, 3.63) is 58.6 Å². The Bertz CT molecular complexity index is 909. The van der Waals surface area contributed by atoms with Gasteiger partial charge in [-0.05, 0) is 54.8 Å². The van der Waals surface area contributed by atoms with Crippen LogP contribution in [-0.2, 0) is 27.2 Å². The van der Waals surface area contributed by atoms with Gasteiger partial charge >= 0.3 is 5.97 Å². The number of hydrogen-bond acceptors (Lipinski definition) is 6. The summed E-state index contributed by atoms with van der Waals surface area (Å²) in [5, 5.41) is 3.36. The highest BCUT2D eigenvalue weighted by Gasteiger charge is 2.25. The summed E-state index contributed by atoms with van der Waals surface area (Å²) in [5.41, 5.74) is 8.03. The van der Waals surface area contributed by atoms with E-state index in [1.165, 1.54) is 0 Å². The molecule has 0 aromatic heterocycles. The van der Waals surface area contributed by atoms with Crippen molar-refractivity contribution in [2.24, 2.45) is 5.73 Å². The van der Waals surface area contributed by atoms with E-state index >= 15 is 0 Å². The van der Waals surface area contributed by atoms with E-state index in [2.05, 4.69) is 11.4 Å². The fourth-order valence-corrected chi connectivity index (χ4v) is 5.32. The number of nitrogens with one attached hydrogen (secondary N) is 1. The molecule has 2 aromatic rings. The van der Waals surface area contributed by atoms with Crippen LogP contribution in [0.1, 0.15) is 18.1 Å². The molecule has 3 N–H and O–H groups in total. The average molecular weight is 600 g/mol. The summed E-state index contributed by atoms with van der Waals surface area (Å²) in [6.07, 6.45) is 0.601. The second-order valence-corrected chi connectivity index (χ2v) is 10.9. The van der Waals surface area contributed by atoms with Gasteiger partial charge in [-0.25, -0.2) is 4.79 Å². The summed E-state index contributed by atoms with van der Waals surface area (Å²) in [7, 11) is 0. The number of alkyl halides is 2. The molecular formula is C24H30Cl4N2O3S2. The van der Waals surface area contributed by atoms with Crippen LogP contribution in [0.15, 0.2) is 52.3 Å². The zero-order valence-electron chi connectivity index (χ0n) is 19.3. The Morgan fingerprint density at radius 3 is 2.06 bits per heavy atom. The Hall–Kier alpha value is -0.800. The van der Waals surface area contributed by atoms with Crippen molar-refractivity contribution < 1.29 is 14.3 Å². The minimum atomic E-state index is -0.847. The molecule has 2 atom stereocenters. The third-order valence-electron chi connectivity index (χ3n) is 4.66. The van der Waals surface area contributed by atoms with Crippen LogP contribution in [0, 0.1) is 0 Å². The largest absolute Gasteiger partial charge is 0.464 e. The second kappa shape index (κ2) is 17.6. The fourth-order valence-electron chi connectivity index (χ4n) is 3.15. The summed E-state index contributed by atoms with van der Waals surface area (Å²) in [4.78, 5) is 27.5. The molecule has 11 heteroatoms. The van der Waals surface area contributed by atoms with Crippen molar-refractivity contribution in [1.82, 2.24) is 5.32 Å². The third-order valence-corrected chi connectivity index (χ3v) is 7.70. The summed E-state index contributed by atoms with van der Waals surface area (Å²) >= 11 is 20.9. The van der Waals surface area contributed by atoms with E-state index < -0.39 is 24.0 Å². The standard InChI is InChI=1S/C24H29Cl3N2O3S2.ClH/c1-2-32-24(31)22(14-16-3-5-18(27)6-4-16)29-23(30)21(28)13-17-11-19(33-9-7-25)15-20(12-17)34-10-8-26;/h3-6,11-12,15,21-22H,2,7-10,13-14,28H2,1H3,(H,29,30);1H/t21-,22-;/m0./s1. The number of carbonyl (C=O) groups is 2. The quantitative estimate of drug-likeness (QED) is 0.167. The highest BCUT2D eigenvalue weighted by Crippen LogP contribution is 2.28. The molecule has 0 saturated carbocycles. The van der Waals surface area contributed by atoms with Gasteiger partial charge in [-0.2, -0.15) is 0 Å². The number of thioether (sulfide) groups is 2. The molecule has 2 aromatic carbocycles. The number of hydrogen-bond donors (Lipinski definition) is 2. The Balaban J connectivity index is 0.00000612. The van der Waals surface area contributed by atoms with Gasteiger partial charge in [0.15, 0.2) is 0 Å². The van der Waals surface area contributed by atoms with Crippen molar-refractivity contribution in [2.45, 2.75) is 41.6 Å². The molecule has 0 fully saturated rings. The van der Waals surface area contributed by atoms with E-state index in [-0.39, 0.29) is 25.4 Å². The van der Waals surface area contributed by atoms with E-state index in [4.69, 9.17) is 45.3 Å². The predicted molar refractivity (Wildman–Crippen MR) is 152 cm³/mol. The molecular weight excluding hydrogens is 570 g/mol. The van der Waals surface area contributed by atoms with E-state index in [1.807, 2.05) is 24.3 Å². The van der Waals surface area contributed by atoms with E-state index in [9.17, 15) is 9.59 Å². The number of benzene rings is 2. The zero-order valence-corrected chi connectivity index (χ0v) is 24.0. The minimum absolute atomic E-state index is 0. The highest BCUT2D eigenvalue weighted by molar-refractivity contribution is 8.00. The Morgan fingerprint density at radius 2 is 1.54 bits per heavy atom. The van der Waals surface area contributed by atoms with Crippen LogP contribution in [0.4, 0.5) is 0 Å². The number of esters is 1. The van der Waals surface area contributed by atoms with Gasteiger partial charge in [0.05, 0.1) is 12.6 Å². The molecule has 0 aliphatic carbocycles. The molecule has 0 spiro atoms. The van der Waals surface area contributed by atoms with Crippen molar-refractivity contribution in [1.29, 1.82) is 0 Å². The molecule has 0 radical (unpaired) electrons. The maximum absolute atomic E-state index is 12.9. The topological polar surface area (TPSA) is 81.4 Å². The lowest BCUT2D eigenvalue weighted by Crippen LogP contribution is -2.50. The van der Waals surface area contributed by atoms with Crippen molar-refractivity contribution in [3.63, 3.8) is 0 Å². The number of amides is 1. The van der Waals surface area contributed by atoms with Gasteiger partial charge in [0.1, 0.15) is 6.04 Å². The maximum Gasteiger partial charge on any atom is 0.328 e. The lowest BCUT2D eigenvalue weighted by atomic mass is 10.0. The van der Waals surface area contributed by atoms with Crippen molar-refractivity contribution in [2.75, 3.05) is 29.9 Å². The first-order valence-corrected chi connectivity index (χ1v) is 14.3. The number of nitrogens with two attached hydrogens (primary N) is 1. The van der Waals surface area contributed by atoms with Crippen molar-refractivity contribution >= 4 is 82.6 Å². The maximum atomic E-state index is 12.9. The molecule has 5 nitrogen and oxygen atoms in total. The molecule has 0 heterocycles. The number of halogens is 4. The molecule has 0 aliphatic rings. The number of rotatable bonds is 14. The molecule has 1 amide bonds. The number of carbonyl (C=O) groups excluding carboxylic acids is 2.